The van der Waals surface area contributed by atoms with Crippen LogP contribution in [0.25, 0.3) is 11.0 Å². The number of fused-ring (bicyclic) bond motifs is 1. The van der Waals surface area contributed by atoms with Gasteiger partial charge in [0.1, 0.15) is 3.79 Å². The van der Waals surface area contributed by atoms with Crippen LogP contribution in [0.3, 0.4) is 0 Å². The van der Waals surface area contributed by atoms with E-state index in [9.17, 15) is 9.18 Å². The highest BCUT2D eigenvalue weighted by Crippen LogP contribution is 2.42. The number of esters is 1. The van der Waals surface area contributed by atoms with Crippen molar-refractivity contribution in [2.24, 2.45) is 5.92 Å². The largest absolute Gasteiger partial charge is 0.459 e. The van der Waals surface area contributed by atoms with Gasteiger partial charge in [-0.05, 0) is 44.2 Å². The molecule has 22 heavy (non-hydrogen) atoms. The molecule has 0 N–H and O–H groups in total. The van der Waals surface area contributed by atoms with E-state index < -0.39 is 11.8 Å². The number of hydrogen-bond donors (Lipinski definition) is 0. The summed E-state index contributed by atoms with van der Waals surface area (Å²) in [5.41, 5.74) is 0.333. The number of carbonyl (C=O) groups is 1. The highest BCUT2D eigenvalue weighted by molar-refractivity contribution is 9.12. The fourth-order valence-corrected chi connectivity index (χ4v) is 5.12. The molecule has 2 aromatic rings. The molecule has 2 aromatic heterocycles. The molecule has 0 radical (unpaired) electrons. The standard InChI is InChI=1S/C15H17Br2FO3S/c1-3-5-6-8(4-2)7-20-15(19)12-10(18)9-11(21-12)14(17)22-13(9)16/h8H,3-7H2,1-2H3. The Labute approximate surface area is 149 Å². The zero-order valence-corrected chi connectivity index (χ0v) is 16.4. The summed E-state index contributed by atoms with van der Waals surface area (Å²) in [5, 5.41) is 0.279. The number of carbonyl (C=O) groups excluding carboxylic acids is 1. The molecule has 0 amide bonds. The smallest absolute Gasteiger partial charge is 0.377 e. The van der Waals surface area contributed by atoms with Crippen molar-refractivity contribution in [1.82, 2.24) is 0 Å². The van der Waals surface area contributed by atoms with E-state index in [1.54, 1.807) is 0 Å². The quantitative estimate of drug-likeness (QED) is 0.445. The molecule has 0 aliphatic heterocycles. The second kappa shape index (κ2) is 7.93. The Morgan fingerprint density at radius 2 is 2.09 bits per heavy atom. The first-order chi connectivity index (χ1) is 10.5. The molecule has 0 aliphatic rings. The lowest BCUT2D eigenvalue weighted by molar-refractivity contribution is 0.0388. The van der Waals surface area contributed by atoms with Gasteiger partial charge in [0.2, 0.25) is 5.76 Å². The van der Waals surface area contributed by atoms with Gasteiger partial charge in [-0.1, -0.05) is 33.1 Å². The van der Waals surface area contributed by atoms with Crippen LogP contribution in [0.2, 0.25) is 0 Å². The van der Waals surface area contributed by atoms with E-state index in [1.807, 2.05) is 0 Å². The summed E-state index contributed by atoms with van der Waals surface area (Å²) in [6.45, 7) is 4.48. The minimum absolute atomic E-state index is 0.279. The molecule has 3 nitrogen and oxygen atoms in total. The molecule has 2 heterocycles. The van der Waals surface area contributed by atoms with Crippen molar-refractivity contribution in [3.63, 3.8) is 0 Å². The molecule has 0 aromatic carbocycles. The van der Waals surface area contributed by atoms with E-state index in [2.05, 4.69) is 45.7 Å². The van der Waals surface area contributed by atoms with Gasteiger partial charge in [0, 0.05) is 0 Å². The molecule has 0 aliphatic carbocycles. The van der Waals surface area contributed by atoms with Gasteiger partial charge >= 0.3 is 5.97 Å². The second-order valence-electron chi connectivity index (χ2n) is 5.11. The summed E-state index contributed by atoms with van der Waals surface area (Å²) in [4.78, 5) is 12.1. The Kier molecular flexibility index (Phi) is 6.46. The predicted molar refractivity (Wildman–Crippen MR) is 93.0 cm³/mol. The molecule has 7 heteroatoms. The molecule has 0 bridgehead atoms. The Balaban J connectivity index is 2.10. The highest BCUT2D eigenvalue weighted by atomic mass is 79.9. The first-order valence-electron chi connectivity index (χ1n) is 7.22. The lowest BCUT2D eigenvalue weighted by Gasteiger charge is -2.13. The van der Waals surface area contributed by atoms with Crippen molar-refractivity contribution in [2.75, 3.05) is 6.61 Å². The van der Waals surface area contributed by atoms with Gasteiger partial charge in [0.25, 0.3) is 0 Å². The van der Waals surface area contributed by atoms with Crippen LogP contribution >= 0.6 is 43.2 Å². The number of thiophene rings is 1. The normalized spacial score (nSPS) is 12.8. The van der Waals surface area contributed by atoms with Crippen LogP contribution in [0.15, 0.2) is 12.0 Å². The SMILES string of the molecule is CCCCC(CC)COC(=O)c1oc2c(Br)sc(Br)c2c1F. The van der Waals surface area contributed by atoms with E-state index in [0.717, 1.165) is 25.7 Å². The lowest BCUT2D eigenvalue weighted by atomic mass is 10.0. The van der Waals surface area contributed by atoms with E-state index in [-0.39, 0.29) is 11.1 Å². The van der Waals surface area contributed by atoms with Crippen LogP contribution in [-0.4, -0.2) is 12.6 Å². The van der Waals surface area contributed by atoms with Crippen LogP contribution in [0, 0.1) is 11.7 Å². The van der Waals surface area contributed by atoms with Crippen molar-refractivity contribution in [3.05, 3.63) is 19.2 Å². The number of halogens is 3. The zero-order chi connectivity index (χ0) is 16.3. The molecule has 0 spiro atoms. The van der Waals surface area contributed by atoms with E-state index in [4.69, 9.17) is 9.15 Å². The first kappa shape index (κ1) is 17.9. The van der Waals surface area contributed by atoms with Gasteiger partial charge in [0.15, 0.2) is 11.4 Å². The lowest BCUT2D eigenvalue weighted by Crippen LogP contribution is -2.14. The van der Waals surface area contributed by atoms with Gasteiger partial charge in [-0.3, -0.25) is 0 Å². The molecular formula is C15H17Br2FO3S. The average Bonchev–Trinajstić information content (AvgIpc) is 2.98. The van der Waals surface area contributed by atoms with E-state index in [1.165, 1.54) is 11.3 Å². The van der Waals surface area contributed by atoms with Crippen molar-refractivity contribution >= 4 is 60.1 Å². The van der Waals surface area contributed by atoms with Gasteiger partial charge in [-0.15, -0.1) is 11.3 Å². The third kappa shape index (κ3) is 3.74. The maximum atomic E-state index is 14.3. The van der Waals surface area contributed by atoms with Gasteiger partial charge < -0.3 is 9.15 Å². The highest BCUT2D eigenvalue weighted by Gasteiger charge is 2.27. The monoisotopic (exact) mass is 454 g/mol. The summed E-state index contributed by atoms with van der Waals surface area (Å²) in [6.07, 6.45) is 4.14. The van der Waals surface area contributed by atoms with Gasteiger partial charge in [0.05, 0.1) is 15.8 Å². The number of hydrogen-bond acceptors (Lipinski definition) is 4. The Bertz CT molecular complexity index is 665. The Morgan fingerprint density at radius 3 is 2.68 bits per heavy atom. The number of ether oxygens (including phenoxy) is 1. The minimum atomic E-state index is -0.743. The predicted octanol–water partition coefficient (Wildman–Crippen LogP) is 6.53. The Morgan fingerprint density at radius 1 is 1.36 bits per heavy atom. The van der Waals surface area contributed by atoms with Crippen LogP contribution in [0.1, 0.15) is 50.1 Å². The Hall–Kier alpha value is -0.400. The number of furan rings is 1. The minimum Gasteiger partial charge on any atom is -0.459 e. The fraction of sp³-hybridized carbons (Fsp3) is 0.533. The molecule has 1 unspecified atom stereocenters. The maximum absolute atomic E-state index is 14.3. The summed E-state index contributed by atoms with van der Waals surface area (Å²) in [6, 6.07) is 0. The summed E-state index contributed by atoms with van der Waals surface area (Å²) < 4.78 is 26.1. The van der Waals surface area contributed by atoms with Crippen molar-refractivity contribution in [2.45, 2.75) is 39.5 Å². The van der Waals surface area contributed by atoms with Crippen LogP contribution in [-0.2, 0) is 4.74 Å². The molecular weight excluding hydrogens is 439 g/mol. The van der Waals surface area contributed by atoms with Gasteiger partial charge in [-0.2, -0.15) is 0 Å². The van der Waals surface area contributed by atoms with E-state index >= 15 is 0 Å². The summed E-state index contributed by atoms with van der Waals surface area (Å²) >= 11 is 7.86. The molecule has 0 fully saturated rings. The molecule has 1 atom stereocenters. The van der Waals surface area contributed by atoms with E-state index in [0.29, 0.717) is 25.7 Å². The summed E-state index contributed by atoms with van der Waals surface area (Å²) in [7, 11) is 0. The third-order valence-electron chi connectivity index (χ3n) is 3.58. The average molecular weight is 456 g/mol. The summed E-state index contributed by atoms with van der Waals surface area (Å²) in [5.74, 6) is -1.46. The topological polar surface area (TPSA) is 39.4 Å². The first-order valence-corrected chi connectivity index (χ1v) is 9.62. The number of unbranched alkanes of at least 4 members (excludes halogenated alkanes) is 1. The maximum Gasteiger partial charge on any atom is 0.377 e. The van der Waals surface area contributed by atoms with Crippen LogP contribution < -0.4 is 0 Å². The second-order valence-corrected chi connectivity index (χ2v) is 8.77. The molecule has 122 valence electrons. The van der Waals surface area contributed by atoms with Crippen LogP contribution in [0.5, 0.6) is 0 Å². The third-order valence-corrected chi connectivity index (χ3v) is 6.06. The molecule has 0 saturated carbocycles. The zero-order valence-electron chi connectivity index (χ0n) is 12.4. The van der Waals surface area contributed by atoms with Crippen molar-refractivity contribution < 1.29 is 18.3 Å². The van der Waals surface area contributed by atoms with Crippen molar-refractivity contribution in [3.8, 4) is 0 Å². The number of rotatable bonds is 7. The van der Waals surface area contributed by atoms with Crippen molar-refractivity contribution in [1.29, 1.82) is 0 Å². The van der Waals surface area contributed by atoms with Crippen LogP contribution in [0.4, 0.5) is 4.39 Å². The fourth-order valence-electron chi connectivity index (χ4n) is 2.19. The van der Waals surface area contributed by atoms with Gasteiger partial charge in [-0.25, -0.2) is 9.18 Å². The molecule has 2 rings (SSSR count). The molecule has 0 saturated heterocycles.